The van der Waals surface area contributed by atoms with Gasteiger partial charge in [-0.3, -0.25) is 0 Å². The Bertz CT molecular complexity index is 864. The van der Waals surface area contributed by atoms with Gasteiger partial charge in [-0.2, -0.15) is 5.10 Å². The van der Waals surface area contributed by atoms with Gasteiger partial charge in [0.1, 0.15) is 18.3 Å². The molecule has 2 fully saturated rings. The Morgan fingerprint density at radius 2 is 2.12 bits per heavy atom. The summed E-state index contributed by atoms with van der Waals surface area (Å²) in [4.78, 5) is 16.6. The Balaban J connectivity index is 1.80. The Hall–Kier alpha value is -2.07. The summed E-state index contributed by atoms with van der Waals surface area (Å²) in [5.41, 5.74) is 1.52. The van der Waals surface area contributed by atoms with E-state index >= 15 is 0 Å². The maximum absolute atomic E-state index is 12.1. The van der Waals surface area contributed by atoms with Gasteiger partial charge in [0.2, 0.25) is 0 Å². The third-order valence-electron chi connectivity index (χ3n) is 4.65. The summed E-state index contributed by atoms with van der Waals surface area (Å²) in [6.45, 7) is 5.22. The molecular weight excluding hydrogens is 342 g/mol. The predicted octanol–water partition coefficient (Wildman–Crippen LogP) is 0.936. The number of aromatic nitrogens is 3. The van der Waals surface area contributed by atoms with E-state index in [9.17, 15) is 9.90 Å². The van der Waals surface area contributed by atoms with Crippen LogP contribution in [0.1, 0.15) is 36.1 Å². The first-order valence-corrected chi connectivity index (χ1v) is 8.40. The van der Waals surface area contributed by atoms with Gasteiger partial charge in [0.05, 0.1) is 30.9 Å². The molecule has 2 aromatic rings. The van der Waals surface area contributed by atoms with Crippen molar-refractivity contribution in [3.8, 4) is 0 Å². The summed E-state index contributed by atoms with van der Waals surface area (Å²) in [6, 6.07) is 1.66. The van der Waals surface area contributed by atoms with Crippen molar-refractivity contribution in [2.75, 3.05) is 13.7 Å². The molecule has 9 heteroatoms. The van der Waals surface area contributed by atoms with Crippen molar-refractivity contribution >= 4 is 17.0 Å². The van der Waals surface area contributed by atoms with Gasteiger partial charge < -0.3 is 24.1 Å². The average molecular weight is 363 g/mol. The highest BCUT2D eigenvalue weighted by atomic mass is 16.8. The van der Waals surface area contributed by atoms with Gasteiger partial charge in [0.15, 0.2) is 17.7 Å². The lowest BCUT2D eigenvalue weighted by atomic mass is 10.1. The largest absolute Gasteiger partial charge is 0.465 e. The molecule has 26 heavy (non-hydrogen) atoms. The van der Waals surface area contributed by atoms with E-state index in [1.165, 1.54) is 7.11 Å². The quantitative estimate of drug-likeness (QED) is 0.803. The zero-order chi connectivity index (χ0) is 18.6. The molecule has 0 aromatic carbocycles. The highest BCUT2D eigenvalue weighted by Crippen LogP contribution is 2.43. The molecule has 2 aromatic heterocycles. The average Bonchev–Trinajstić information content (AvgIpc) is 3.23. The molecule has 0 saturated carbocycles. The Kier molecular flexibility index (Phi) is 3.99. The number of carbonyl (C=O) groups excluding carboxylic acids is 1. The number of pyridine rings is 1. The van der Waals surface area contributed by atoms with Crippen molar-refractivity contribution in [3.63, 3.8) is 0 Å². The van der Waals surface area contributed by atoms with Gasteiger partial charge in [-0.1, -0.05) is 0 Å². The summed E-state index contributed by atoms with van der Waals surface area (Å²) >= 11 is 0. The number of aliphatic hydroxyl groups is 1. The van der Waals surface area contributed by atoms with Crippen LogP contribution in [-0.4, -0.2) is 63.7 Å². The molecule has 140 valence electrons. The van der Waals surface area contributed by atoms with Gasteiger partial charge in [0.25, 0.3) is 0 Å². The first-order chi connectivity index (χ1) is 12.3. The fraction of sp³-hybridized carbons (Fsp3) is 0.588. The molecule has 9 nitrogen and oxygen atoms in total. The monoisotopic (exact) mass is 363 g/mol. The second kappa shape index (κ2) is 5.98. The third-order valence-corrected chi connectivity index (χ3v) is 4.65. The van der Waals surface area contributed by atoms with E-state index in [-0.39, 0.29) is 6.61 Å². The molecule has 4 atom stereocenters. The van der Waals surface area contributed by atoms with Crippen molar-refractivity contribution < 1.29 is 28.8 Å². The number of esters is 1. The first kappa shape index (κ1) is 17.3. The molecule has 2 aliphatic heterocycles. The summed E-state index contributed by atoms with van der Waals surface area (Å²) in [7, 11) is 1.33. The molecular formula is C17H21N3O6. The molecule has 0 amide bonds. The van der Waals surface area contributed by atoms with Crippen LogP contribution in [0.5, 0.6) is 0 Å². The summed E-state index contributed by atoms with van der Waals surface area (Å²) < 4.78 is 24.2. The molecule has 0 spiro atoms. The minimum Gasteiger partial charge on any atom is -0.465 e. The van der Waals surface area contributed by atoms with Crippen LogP contribution < -0.4 is 0 Å². The lowest BCUT2D eigenvalue weighted by molar-refractivity contribution is -0.201. The second-order valence-electron chi connectivity index (χ2n) is 6.94. The topological polar surface area (TPSA) is 105 Å². The van der Waals surface area contributed by atoms with Crippen molar-refractivity contribution in [2.24, 2.45) is 0 Å². The third kappa shape index (κ3) is 2.59. The number of ether oxygens (including phenoxy) is 4. The van der Waals surface area contributed by atoms with E-state index in [1.807, 2.05) is 13.8 Å². The molecule has 1 N–H and O–H groups in total. The van der Waals surface area contributed by atoms with E-state index in [0.29, 0.717) is 22.3 Å². The van der Waals surface area contributed by atoms with Crippen molar-refractivity contribution in [2.45, 2.75) is 51.1 Å². The molecule has 0 radical (unpaired) electrons. The number of aliphatic hydroxyl groups excluding tert-OH is 1. The molecule has 0 unspecified atom stereocenters. The SMILES string of the molecule is COC(=O)c1cc(C)nc2c1cnn2[C@@H]1O[C@H](CO)[C@H]2OC(C)(C)O[C@H]21. The first-order valence-electron chi connectivity index (χ1n) is 8.40. The summed E-state index contributed by atoms with van der Waals surface area (Å²) in [6.07, 6.45) is -0.468. The molecule has 2 aliphatic rings. The van der Waals surface area contributed by atoms with Gasteiger partial charge in [-0.15, -0.1) is 0 Å². The molecule has 4 heterocycles. The fourth-order valence-corrected chi connectivity index (χ4v) is 3.61. The number of hydrogen-bond donors (Lipinski definition) is 1. The molecule has 2 saturated heterocycles. The molecule has 0 aliphatic carbocycles. The predicted molar refractivity (Wildman–Crippen MR) is 88.4 cm³/mol. The number of nitrogens with zero attached hydrogens (tertiary/aromatic N) is 3. The van der Waals surface area contributed by atoms with E-state index in [4.69, 9.17) is 18.9 Å². The standard InChI is InChI=1S/C17H21N3O6/c1-8-5-9(16(22)23-4)10-6-18-20(14(10)19-8)15-13-12(11(7-21)24-15)25-17(2,3)26-13/h5-6,11-13,15,21H,7H2,1-4H3/t11-,12-,13-,15-/m1/s1. The minimum absolute atomic E-state index is 0.198. The maximum atomic E-state index is 12.1. The van der Waals surface area contributed by atoms with E-state index < -0.39 is 36.3 Å². The highest BCUT2D eigenvalue weighted by Gasteiger charge is 2.56. The Morgan fingerprint density at radius 3 is 2.81 bits per heavy atom. The van der Waals surface area contributed by atoms with Crippen LogP contribution in [0.25, 0.3) is 11.0 Å². The number of methoxy groups -OCH3 is 1. The van der Waals surface area contributed by atoms with Gasteiger partial charge in [-0.25, -0.2) is 14.5 Å². The van der Waals surface area contributed by atoms with Gasteiger partial charge >= 0.3 is 5.97 Å². The zero-order valence-electron chi connectivity index (χ0n) is 15.0. The smallest absolute Gasteiger partial charge is 0.338 e. The highest BCUT2D eigenvalue weighted by molar-refractivity contribution is 6.02. The van der Waals surface area contributed by atoms with E-state index in [0.717, 1.165) is 0 Å². The number of fused-ring (bicyclic) bond motifs is 2. The zero-order valence-corrected chi connectivity index (χ0v) is 15.0. The van der Waals surface area contributed by atoms with E-state index in [1.54, 1.807) is 23.9 Å². The van der Waals surface area contributed by atoms with Crippen molar-refractivity contribution in [1.29, 1.82) is 0 Å². The van der Waals surface area contributed by atoms with Crippen molar-refractivity contribution in [3.05, 3.63) is 23.5 Å². The molecule has 4 rings (SSSR count). The number of carbonyl (C=O) groups is 1. The van der Waals surface area contributed by atoms with Crippen LogP contribution in [0, 0.1) is 6.92 Å². The number of rotatable bonds is 3. The second-order valence-corrected chi connectivity index (χ2v) is 6.94. The van der Waals surface area contributed by atoms with Gasteiger partial charge in [0, 0.05) is 5.69 Å². The summed E-state index contributed by atoms with van der Waals surface area (Å²) in [5.74, 6) is -1.24. The normalized spacial score (nSPS) is 29.9. The lowest BCUT2D eigenvalue weighted by Gasteiger charge is -2.23. The van der Waals surface area contributed by atoms with E-state index in [2.05, 4.69) is 10.1 Å². The van der Waals surface area contributed by atoms with Crippen LogP contribution in [0.2, 0.25) is 0 Å². The number of aryl methyl sites for hydroxylation is 1. The van der Waals surface area contributed by atoms with Crippen LogP contribution in [0.4, 0.5) is 0 Å². The van der Waals surface area contributed by atoms with Crippen LogP contribution in [-0.2, 0) is 18.9 Å². The lowest BCUT2D eigenvalue weighted by Crippen LogP contribution is -2.31. The van der Waals surface area contributed by atoms with Crippen LogP contribution >= 0.6 is 0 Å². The minimum atomic E-state index is -0.783. The van der Waals surface area contributed by atoms with Crippen LogP contribution in [0.15, 0.2) is 12.3 Å². The fourth-order valence-electron chi connectivity index (χ4n) is 3.61. The molecule has 0 bridgehead atoms. The van der Waals surface area contributed by atoms with Gasteiger partial charge in [-0.05, 0) is 26.8 Å². The summed E-state index contributed by atoms with van der Waals surface area (Å²) in [5, 5.41) is 14.6. The number of hydrogen-bond acceptors (Lipinski definition) is 8. The maximum Gasteiger partial charge on any atom is 0.338 e. The van der Waals surface area contributed by atoms with Crippen molar-refractivity contribution in [1.82, 2.24) is 14.8 Å². The Morgan fingerprint density at radius 1 is 1.38 bits per heavy atom. The van der Waals surface area contributed by atoms with Crippen LogP contribution in [0.3, 0.4) is 0 Å². The Labute approximate surface area is 149 Å².